The van der Waals surface area contributed by atoms with Crippen LogP contribution in [0.15, 0.2) is 36.4 Å². The zero-order chi connectivity index (χ0) is 15.4. The van der Waals surface area contributed by atoms with Crippen molar-refractivity contribution in [2.24, 2.45) is 0 Å². The summed E-state index contributed by atoms with van der Waals surface area (Å²) in [7, 11) is 0. The van der Waals surface area contributed by atoms with E-state index < -0.39 is 0 Å². The summed E-state index contributed by atoms with van der Waals surface area (Å²) < 4.78 is 5.45. The summed E-state index contributed by atoms with van der Waals surface area (Å²) in [5.74, 6) is 0.252. The van der Waals surface area contributed by atoms with Crippen LogP contribution in [0.5, 0.6) is 5.75 Å². The lowest BCUT2D eigenvalue weighted by Gasteiger charge is -2.11. The Labute approximate surface area is 132 Å². The predicted octanol–water partition coefficient (Wildman–Crippen LogP) is 3.90. The molecule has 0 spiro atoms. The van der Waals surface area contributed by atoms with Gasteiger partial charge in [0.15, 0.2) is 6.61 Å². The third-order valence-corrected chi connectivity index (χ3v) is 3.32. The molecule has 2 aromatic carbocycles. The van der Waals surface area contributed by atoms with Crippen molar-refractivity contribution >= 4 is 40.5 Å². The normalized spacial score (nSPS) is 10.2. The Bertz CT molecular complexity index is 675. The molecule has 110 valence electrons. The number of carbonyl (C=O) groups excluding carboxylic acids is 1. The standard InChI is InChI=1S/C15H14Cl2N2O2/c1-9-2-3-10(16)6-14(9)21-8-15(20)19-13-5-4-11(18)7-12(13)17/h2-7H,8,18H2,1H3,(H,19,20). The number of rotatable bonds is 4. The molecule has 0 aromatic heterocycles. The number of anilines is 2. The smallest absolute Gasteiger partial charge is 0.262 e. The highest BCUT2D eigenvalue weighted by Gasteiger charge is 2.08. The maximum Gasteiger partial charge on any atom is 0.262 e. The van der Waals surface area contributed by atoms with Gasteiger partial charge in [-0.25, -0.2) is 0 Å². The first-order valence-corrected chi connectivity index (χ1v) is 6.95. The maximum atomic E-state index is 11.9. The van der Waals surface area contributed by atoms with Gasteiger partial charge >= 0.3 is 0 Å². The van der Waals surface area contributed by atoms with Crippen molar-refractivity contribution in [2.45, 2.75) is 6.92 Å². The van der Waals surface area contributed by atoms with Gasteiger partial charge in [-0.2, -0.15) is 0 Å². The van der Waals surface area contributed by atoms with Gasteiger partial charge < -0.3 is 15.8 Å². The predicted molar refractivity (Wildman–Crippen MR) is 86.2 cm³/mol. The van der Waals surface area contributed by atoms with E-state index in [2.05, 4.69) is 5.32 Å². The van der Waals surface area contributed by atoms with Crippen LogP contribution in [0.3, 0.4) is 0 Å². The quantitative estimate of drug-likeness (QED) is 0.838. The van der Waals surface area contributed by atoms with Gasteiger partial charge in [0.05, 0.1) is 10.7 Å². The number of carbonyl (C=O) groups is 1. The van der Waals surface area contributed by atoms with Crippen molar-refractivity contribution in [1.29, 1.82) is 0 Å². The first kappa shape index (κ1) is 15.5. The van der Waals surface area contributed by atoms with Gasteiger partial charge in [-0.15, -0.1) is 0 Å². The molecule has 21 heavy (non-hydrogen) atoms. The molecule has 2 rings (SSSR count). The number of amides is 1. The number of benzene rings is 2. The molecule has 0 saturated heterocycles. The third kappa shape index (κ3) is 4.28. The van der Waals surface area contributed by atoms with Crippen molar-refractivity contribution in [2.75, 3.05) is 17.7 Å². The van der Waals surface area contributed by atoms with E-state index in [0.29, 0.717) is 27.2 Å². The lowest BCUT2D eigenvalue weighted by molar-refractivity contribution is -0.118. The molecule has 0 bridgehead atoms. The van der Waals surface area contributed by atoms with E-state index in [1.54, 1.807) is 30.3 Å². The molecular weight excluding hydrogens is 311 g/mol. The molecule has 0 fully saturated rings. The van der Waals surface area contributed by atoms with Crippen LogP contribution in [-0.2, 0) is 4.79 Å². The van der Waals surface area contributed by atoms with E-state index in [4.69, 9.17) is 33.7 Å². The molecule has 0 unspecified atom stereocenters. The first-order valence-electron chi connectivity index (χ1n) is 6.19. The van der Waals surface area contributed by atoms with Gasteiger partial charge in [-0.05, 0) is 42.8 Å². The van der Waals surface area contributed by atoms with E-state index in [1.165, 1.54) is 0 Å². The average Bonchev–Trinajstić information content (AvgIpc) is 2.43. The summed E-state index contributed by atoms with van der Waals surface area (Å²) in [4.78, 5) is 11.9. The highest BCUT2D eigenvalue weighted by Crippen LogP contribution is 2.25. The van der Waals surface area contributed by atoms with Crippen LogP contribution in [0, 0.1) is 6.92 Å². The lowest BCUT2D eigenvalue weighted by atomic mass is 10.2. The minimum absolute atomic E-state index is 0.137. The van der Waals surface area contributed by atoms with E-state index in [-0.39, 0.29) is 12.5 Å². The van der Waals surface area contributed by atoms with Crippen LogP contribution < -0.4 is 15.8 Å². The Kier molecular flexibility index (Phi) is 4.94. The van der Waals surface area contributed by atoms with Gasteiger partial charge in [-0.1, -0.05) is 29.3 Å². The zero-order valence-electron chi connectivity index (χ0n) is 11.3. The summed E-state index contributed by atoms with van der Waals surface area (Å²) in [6, 6.07) is 10.1. The van der Waals surface area contributed by atoms with E-state index in [1.807, 2.05) is 13.0 Å². The second-order valence-corrected chi connectivity index (χ2v) is 5.33. The Balaban J connectivity index is 1.97. The fraction of sp³-hybridized carbons (Fsp3) is 0.133. The summed E-state index contributed by atoms with van der Waals surface area (Å²) in [5.41, 5.74) is 7.51. The number of nitrogens with one attached hydrogen (secondary N) is 1. The van der Waals surface area contributed by atoms with Crippen LogP contribution in [0.25, 0.3) is 0 Å². The molecule has 0 aliphatic heterocycles. The Morgan fingerprint density at radius 3 is 2.71 bits per heavy atom. The fourth-order valence-electron chi connectivity index (χ4n) is 1.69. The molecule has 3 N–H and O–H groups in total. The largest absolute Gasteiger partial charge is 0.483 e. The molecule has 4 nitrogen and oxygen atoms in total. The van der Waals surface area contributed by atoms with Crippen molar-refractivity contribution in [3.8, 4) is 5.75 Å². The average molecular weight is 325 g/mol. The maximum absolute atomic E-state index is 11.9. The van der Waals surface area contributed by atoms with Crippen molar-refractivity contribution < 1.29 is 9.53 Å². The van der Waals surface area contributed by atoms with Crippen molar-refractivity contribution in [3.63, 3.8) is 0 Å². The van der Waals surface area contributed by atoms with E-state index in [0.717, 1.165) is 5.56 Å². The monoisotopic (exact) mass is 324 g/mol. The van der Waals surface area contributed by atoms with E-state index in [9.17, 15) is 4.79 Å². The lowest BCUT2D eigenvalue weighted by Crippen LogP contribution is -2.20. The molecule has 0 radical (unpaired) electrons. The molecule has 2 aromatic rings. The second-order valence-electron chi connectivity index (χ2n) is 4.49. The Morgan fingerprint density at radius 2 is 2.00 bits per heavy atom. The third-order valence-electron chi connectivity index (χ3n) is 2.78. The van der Waals surface area contributed by atoms with Gasteiger partial charge in [0, 0.05) is 10.7 Å². The van der Waals surface area contributed by atoms with Gasteiger partial charge in [0.25, 0.3) is 5.91 Å². The number of hydrogen-bond acceptors (Lipinski definition) is 3. The summed E-state index contributed by atoms with van der Waals surface area (Å²) in [6.07, 6.45) is 0. The highest BCUT2D eigenvalue weighted by atomic mass is 35.5. The van der Waals surface area contributed by atoms with Crippen molar-refractivity contribution in [1.82, 2.24) is 0 Å². The minimum atomic E-state index is -0.318. The number of hydrogen-bond donors (Lipinski definition) is 2. The molecule has 0 saturated carbocycles. The van der Waals surface area contributed by atoms with Crippen LogP contribution >= 0.6 is 23.2 Å². The highest BCUT2D eigenvalue weighted by molar-refractivity contribution is 6.34. The van der Waals surface area contributed by atoms with Crippen molar-refractivity contribution in [3.05, 3.63) is 52.0 Å². The first-order chi connectivity index (χ1) is 9.95. The molecule has 6 heteroatoms. The van der Waals surface area contributed by atoms with Crippen LogP contribution in [-0.4, -0.2) is 12.5 Å². The minimum Gasteiger partial charge on any atom is -0.483 e. The number of nitrogens with two attached hydrogens (primary N) is 1. The van der Waals surface area contributed by atoms with Gasteiger partial charge in [-0.3, -0.25) is 4.79 Å². The number of halogens is 2. The second kappa shape index (κ2) is 6.70. The molecule has 0 aliphatic carbocycles. The summed E-state index contributed by atoms with van der Waals surface area (Å²) in [5, 5.41) is 3.59. The number of aryl methyl sites for hydroxylation is 1. The van der Waals surface area contributed by atoms with E-state index >= 15 is 0 Å². The zero-order valence-corrected chi connectivity index (χ0v) is 12.8. The van der Waals surface area contributed by atoms with Crippen LogP contribution in [0.1, 0.15) is 5.56 Å². The molecular formula is C15H14Cl2N2O2. The molecule has 0 heterocycles. The van der Waals surface area contributed by atoms with Gasteiger partial charge in [0.2, 0.25) is 0 Å². The van der Waals surface area contributed by atoms with Crippen LogP contribution in [0.4, 0.5) is 11.4 Å². The topological polar surface area (TPSA) is 64.3 Å². The summed E-state index contributed by atoms with van der Waals surface area (Å²) in [6.45, 7) is 1.74. The van der Waals surface area contributed by atoms with Crippen LogP contribution in [0.2, 0.25) is 10.0 Å². The summed E-state index contributed by atoms with van der Waals surface area (Å²) >= 11 is 11.9. The Hall–Kier alpha value is -1.91. The fourth-order valence-corrected chi connectivity index (χ4v) is 2.09. The molecule has 0 aliphatic rings. The molecule has 0 atom stereocenters. The SMILES string of the molecule is Cc1ccc(Cl)cc1OCC(=O)Nc1ccc(N)cc1Cl. The van der Waals surface area contributed by atoms with Gasteiger partial charge in [0.1, 0.15) is 5.75 Å². The molecule has 1 amide bonds. The Morgan fingerprint density at radius 1 is 1.24 bits per heavy atom. The number of ether oxygens (including phenoxy) is 1. The number of nitrogen functional groups attached to an aromatic ring is 1.